The number of rotatable bonds is 15. The molecule has 4 amide bonds. The van der Waals surface area contributed by atoms with Crippen molar-refractivity contribution < 1.29 is 57.2 Å². The summed E-state index contributed by atoms with van der Waals surface area (Å²) in [7, 11) is -2.86. The SMILES string of the molecule is C[C@@H](CCCCNC(=O)CCNC(=O)[C@H](CNC(=O)c1cc(F)c2c(c1)B(O)OC2)NC(=O)c1cc(F)c2c(c1)B(O)OC2)C(=O)O. The number of halogens is 2. The summed E-state index contributed by atoms with van der Waals surface area (Å²) in [5.74, 6) is -5.89. The van der Waals surface area contributed by atoms with Gasteiger partial charge in [0.2, 0.25) is 11.8 Å². The number of nitrogens with one attached hydrogen (secondary N) is 4. The van der Waals surface area contributed by atoms with Gasteiger partial charge in [-0.25, -0.2) is 8.78 Å². The van der Waals surface area contributed by atoms with E-state index < -0.39 is 68.1 Å². The fourth-order valence-corrected chi connectivity index (χ4v) is 5.01. The van der Waals surface area contributed by atoms with Crippen molar-refractivity contribution in [2.24, 2.45) is 5.92 Å². The lowest BCUT2D eigenvalue weighted by molar-refractivity contribution is -0.141. The molecular weight excluding hydrogens is 624 g/mol. The van der Waals surface area contributed by atoms with E-state index in [2.05, 4.69) is 21.3 Å². The second-order valence-corrected chi connectivity index (χ2v) is 11.2. The van der Waals surface area contributed by atoms with E-state index in [0.29, 0.717) is 25.8 Å². The largest absolute Gasteiger partial charge is 0.491 e. The zero-order valence-electron chi connectivity index (χ0n) is 25.4. The number of carboxylic acids is 1. The number of carbonyl (C=O) groups excluding carboxylic acids is 4. The molecule has 2 heterocycles. The van der Waals surface area contributed by atoms with Crippen molar-refractivity contribution in [2.45, 2.75) is 51.9 Å². The Hall–Kier alpha value is -4.38. The van der Waals surface area contributed by atoms with Gasteiger partial charge in [0.1, 0.15) is 17.7 Å². The number of hydrogen-bond acceptors (Lipinski definition) is 9. The normalized spacial score (nSPS) is 14.6. The Morgan fingerprint density at radius 1 is 0.830 bits per heavy atom. The van der Waals surface area contributed by atoms with Crippen LogP contribution in [-0.4, -0.2) is 84.7 Å². The molecule has 2 aliphatic rings. The topological polar surface area (TPSA) is 213 Å². The molecule has 47 heavy (non-hydrogen) atoms. The van der Waals surface area contributed by atoms with Crippen molar-refractivity contribution in [3.8, 4) is 0 Å². The predicted octanol–water partition coefficient (Wildman–Crippen LogP) is -1.56. The lowest BCUT2D eigenvalue weighted by Gasteiger charge is -2.20. The lowest BCUT2D eigenvalue weighted by Crippen LogP contribution is -2.53. The summed E-state index contributed by atoms with van der Waals surface area (Å²) in [6.45, 7) is 0.898. The minimum absolute atomic E-state index is 0.0525. The number of hydrogen-bond donors (Lipinski definition) is 7. The quantitative estimate of drug-likeness (QED) is 0.0864. The monoisotopic (exact) mass is 658 g/mol. The number of amides is 4. The van der Waals surface area contributed by atoms with E-state index in [-0.39, 0.29) is 65.3 Å². The number of aliphatic carboxylic acids is 1. The van der Waals surface area contributed by atoms with Gasteiger partial charge in [0.15, 0.2) is 0 Å². The lowest BCUT2D eigenvalue weighted by atomic mass is 9.78. The van der Waals surface area contributed by atoms with Crippen molar-refractivity contribution in [1.29, 1.82) is 0 Å². The Bertz CT molecular complexity index is 1550. The Labute approximate surface area is 268 Å². The van der Waals surface area contributed by atoms with Gasteiger partial charge in [-0.1, -0.05) is 13.3 Å². The maximum absolute atomic E-state index is 14.6. The third-order valence-electron chi connectivity index (χ3n) is 7.84. The molecule has 2 aromatic carbocycles. The maximum Gasteiger partial charge on any atom is 0.491 e. The van der Waals surface area contributed by atoms with Crippen LogP contribution in [0.4, 0.5) is 8.78 Å². The van der Waals surface area contributed by atoms with E-state index in [1.807, 2.05) is 0 Å². The molecule has 14 nitrogen and oxygen atoms in total. The Kier molecular flexibility index (Phi) is 12.0. The van der Waals surface area contributed by atoms with Gasteiger partial charge >= 0.3 is 20.2 Å². The van der Waals surface area contributed by atoms with E-state index in [1.165, 1.54) is 12.1 Å². The van der Waals surface area contributed by atoms with Gasteiger partial charge in [-0.3, -0.25) is 24.0 Å². The Morgan fingerprint density at radius 3 is 1.98 bits per heavy atom. The van der Waals surface area contributed by atoms with Gasteiger partial charge in [-0.2, -0.15) is 0 Å². The van der Waals surface area contributed by atoms with E-state index in [0.717, 1.165) is 12.1 Å². The Morgan fingerprint density at radius 2 is 1.40 bits per heavy atom. The summed E-state index contributed by atoms with van der Waals surface area (Å²) in [4.78, 5) is 62.2. The molecule has 0 aliphatic carbocycles. The molecule has 0 radical (unpaired) electrons. The van der Waals surface area contributed by atoms with Gasteiger partial charge < -0.3 is 45.7 Å². The molecule has 0 bridgehead atoms. The highest BCUT2D eigenvalue weighted by atomic mass is 19.1. The van der Waals surface area contributed by atoms with Gasteiger partial charge in [-0.05, 0) is 48.0 Å². The molecule has 2 atom stereocenters. The summed E-state index contributed by atoms with van der Waals surface area (Å²) < 4.78 is 39.1. The highest BCUT2D eigenvalue weighted by Gasteiger charge is 2.33. The first-order chi connectivity index (χ1) is 22.3. The third-order valence-corrected chi connectivity index (χ3v) is 7.84. The molecule has 0 aromatic heterocycles. The average Bonchev–Trinajstić information content (AvgIpc) is 3.60. The predicted molar refractivity (Wildman–Crippen MR) is 162 cm³/mol. The molecule has 7 N–H and O–H groups in total. The molecule has 0 saturated carbocycles. The maximum atomic E-state index is 14.6. The van der Waals surface area contributed by atoms with Crippen LogP contribution in [0.2, 0.25) is 0 Å². The molecule has 250 valence electrons. The summed E-state index contributed by atoms with van der Waals surface area (Å²) in [6, 6.07) is 2.86. The summed E-state index contributed by atoms with van der Waals surface area (Å²) in [5.41, 5.74) is -0.0950. The highest BCUT2D eigenvalue weighted by molar-refractivity contribution is 6.62. The van der Waals surface area contributed by atoms with Crippen LogP contribution in [0.15, 0.2) is 24.3 Å². The summed E-state index contributed by atoms with van der Waals surface area (Å²) in [5, 5.41) is 38.8. The number of carboxylic acid groups (broad SMARTS) is 1. The number of unbranched alkanes of at least 4 members (excludes halogenated alkanes) is 1. The third kappa shape index (κ3) is 9.12. The number of carbonyl (C=O) groups is 5. The van der Waals surface area contributed by atoms with Crippen LogP contribution in [-0.2, 0) is 36.9 Å². The molecule has 0 fully saturated rings. The van der Waals surface area contributed by atoms with Crippen molar-refractivity contribution >= 4 is 54.8 Å². The van der Waals surface area contributed by atoms with Crippen LogP contribution in [0, 0.1) is 17.6 Å². The van der Waals surface area contributed by atoms with Gasteiger partial charge in [-0.15, -0.1) is 0 Å². The minimum atomic E-state index is -1.45. The molecule has 2 aliphatic heterocycles. The fourth-order valence-electron chi connectivity index (χ4n) is 5.01. The zero-order valence-corrected chi connectivity index (χ0v) is 25.4. The fraction of sp³-hybridized carbons (Fsp3) is 0.414. The standard InChI is InChI=1S/C29H34B2F2N4O10/c1-15(29(42)43)4-2-3-6-34-25(38)5-7-35-28(41)24(37-27(40)17-9-21-19(23(33)11-17)14-47-31(21)45)12-36-26(39)16-8-20-18(22(32)10-16)13-46-30(20)44/h8-11,15,24,44-45H,2-7,12-14H2,1H3,(H,34,38)(H,35,41)(H,36,39)(H,37,40)(H,42,43)/t15-,24-/m0/s1. The van der Waals surface area contributed by atoms with E-state index in [9.17, 15) is 42.8 Å². The van der Waals surface area contributed by atoms with Crippen LogP contribution in [0.25, 0.3) is 0 Å². The molecule has 0 saturated heterocycles. The van der Waals surface area contributed by atoms with Gasteiger partial charge in [0.25, 0.3) is 11.8 Å². The van der Waals surface area contributed by atoms with E-state index in [1.54, 1.807) is 6.92 Å². The van der Waals surface area contributed by atoms with E-state index in [4.69, 9.17) is 14.4 Å². The molecule has 18 heteroatoms. The van der Waals surface area contributed by atoms with Crippen LogP contribution in [0.3, 0.4) is 0 Å². The van der Waals surface area contributed by atoms with E-state index >= 15 is 0 Å². The molecule has 0 spiro atoms. The van der Waals surface area contributed by atoms with Crippen LogP contribution < -0.4 is 32.2 Å². The molecular formula is C29H34B2F2N4O10. The van der Waals surface area contributed by atoms with Crippen molar-refractivity contribution in [3.63, 3.8) is 0 Å². The highest BCUT2D eigenvalue weighted by Crippen LogP contribution is 2.17. The minimum Gasteiger partial charge on any atom is -0.481 e. The smallest absolute Gasteiger partial charge is 0.481 e. The first-order valence-corrected chi connectivity index (χ1v) is 15.0. The van der Waals surface area contributed by atoms with Crippen LogP contribution >= 0.6 is 0 Å². The van der Waals surface area contributed by atoms with Crippen molar-refractivity contribution in [3.05, 3.63) is 58.2 Å². The van der Waals surface area contributed by atoms with Gasteiger partial charge in [0, 0.05) is 48.3 Å². The average molecular weight is 658 g/mol. The van der Waals surface area contributed by atoms with Crippen LogP contribution in [0.1, 0.15) is 64.4 Å². The molecule has 4 rings (SSSR count). The van der Waals surface area contributed by atoms with Crippen molar-refractivity contribution in [2.75, 3.05) is 19.6 Å². The second kappa shape index (κ2) is 15.9. The zero-order chi connectivity index (χ0) is 34.2. The first-order valence-electron chi connectivity index (χ1n) is 15.0. The Balaban J connectivity index is 1.37. The number of benzene rings is 2. The molecule has 0 unspecified atom stereocenters. The van der Waals surface area contributed by atoms with Crippen LogP contribution in [0.5, 0.6) is 0 Å². The summed E-state index contributed by atoms with van der Waals surface area (Å²) in [6.07, 6.45) is 1.51. The first kappa shape index (κ1) is 35.5. The summed E-state index contributed by atoms with van der Waals surface area (Å²) >= 11 is 0. The number of fused-ring (bicyclic) bond motifs is 2. The molecule has 2 aromatic rings. The van der Waals surface area contributed by atoms with Gasteiger partial charge in [0.05, 0.1) is 19.1 Å². The van der Waals surface area contributed by atoms with Crippen molar-refractivity contribution in [1.82, 2.24) is 21.3 Å². The second-order valence-electron chi connectivity index (χ2n) is 11.2.